The van der Waals surface area contributed by atoms with Gasteiger partial charge in [0.15, 0.2) is 0 Å². The minimum absolute atomic E-state index is 0.119. The Labute approximate surface area is 55.6 Å². The molecule has 1 unspecified atom stereocenters. The number of rotatable bonds is 1. The molecule has 0 spiro atoms. The van der Waals surface area contributed by atoms with E-state index in [1.54, 1.807) is 0 Å². The second kappa shape index (κ2) is 3.15. The molecule has 0 aliphatic carbocycles. The van der Waals surface area contributed by atoms with E-state index in [-0.39, 0.29) is 6.10 Å². The summed E-state index contributed by atoms with van der Waals surface area (Å²) in [6.07, 6.45) is 1.94. The normalized spacial score (nSPS) is 30.7. The summed E-state index contributed by atoms with van der Waals surface area (Å²) in [7, 11) is 1.89. The Morgan fingerprint density at radius 1 is 1.67 bits per heavy atom. The van der Waals surface area contributed by atoms with E-state index in [0.717, 1.165) is 25.9 Å². The molecule has 0 aromatic heterocycles. The van der Waals surface area contributed by atoms with Crippen LogP contribution >= 0.6 is 0 Å². The molecule has 0 aromatic carbocycles. The fourth-order valence-electron chi connectivity index (χ4n) is 1.16. The molecule has 54 valence electrons. The molecule has 3 nitrogen and oxygen atoms in total. The van der Waals surface area contributed by atoms with Crippen LogP contribution in [-0.2, 0) is 0 Å². The molecule has 3 heteroatoms. The number of nitrogens with one attached hydrogen (secondary N) is 1. The van der Waals surface area contributed by atoms with Crippen LogP contribution in [0.1, 0.15) is 12.8 Å². The quantitative estimate of drug-likeness (QED) is 0.506. The van der Waals surface area contributed by atoms with Crippen molar-refractivity contribution >= 4 is 0 Å². The first-order valence-electron chi connectivity index (χ1n) is 3.43. The maximum Gasteiger partial charge on any atom is 0.0681 e. The molecule has 1 heterocycles. The summed E-state index contributed by atoms with van der Waals surface area (Å²) in [6.45, 7) is 1.84. The summed E-state index contributed by atoms with van der Waals surface area (Å²) >= 11 is 0. The van der Waals surface area contributed by atoms with Gasteiger partial charge in [-0.15, -0.1) is 0 Å². The Balaban J connectivity index is 2.23. The second-order valence-electron chi connectivity index (χ2n) is 2.47. The summed E-state index contributed by atoms with van der Waals surface area (Å²) < 4.78 is 0. The van der Waals surface area contributed by atoms with Gasteiger partial charge in [0.2, 0.25) is 0 Å². The molecule has 0 radical (unpaired) electrons. The maximum atomic E-state index is 9.13. The van der Waals surface area contributed by atoms with Gasteiger partial charge in [-0.05, 0) is 19.9 Å². The monoisotopic (exact) mass is 130 g/mol. The zero-order valence-corrected chi connectivity index (χ0v) is 5.80. The zero-order valence-electron chi connectivity index (χ0n) is 5.80. The van der Waals surface area contributed by atoms with Gasteiger partial charge in [-0.25, -0.2) is 5.01 Å². The average Bonchev–Trinajstić information content (AvgIpc) is 1.88. The minimum atomic E-state index is -0.119. The maximum absolute atomic E-state index is 9.13. The molecule has 1 rings (SSSR count). The van der Waals surface area contributed by atoms with Crippen LogP contribution in [0, 0.1) is 0 Å². The van der Waals surface area contributed by atoms with Crippen LogP contribution in [0.5, 0.6) is 0 Å². The van der Waals surface area contributed by atoms with Gasteiger partial charge in [-0.2, -0.15) is 0 Å². The van der Waals surface area contributed by atoms with Crippen molar-refractivity contribution in [3.63, 3.8) is 0 Å². The highest BCUT2D eigenvalue weighted by Crippen LogP contribution is 2.06. The molecule has 1 saturated heterocycles. The van der Waals surface area contributed by atoms with E-state index in [1.165, 1.54) is 0 Å². The Kier molecular flexibility index (Phi) is 2.45. The topological polar surface area (TPSA) is 35.5 Å². The zero-order chi connectivity index (χ0) is 6.69. The third-order valence-corrected chi connectivity index (χ3v) is 1.71. The molecule has 9 heavy (non-hydrogen) atoms. The molecule has 1 aliphatic heterocycles. The Hall–Kier alpha value is -0.120. The third-order valence-electron chi connectivity index (χ3n) is 1.71. The summed E-state index contributed by atoms with van der Waals surface area (Å²) in [5.41, 5.74) is 3.01. The summed E-state index contributed by atoms with van der Waals surface area (Å²) in [6, 6.07) is 0. The smallest absolute Gasteiger partial charge is 0.0681 e. The summed E-state index contributed by atoms with van der Waals surface area (Å²) in [4.78, 5) is 0. The van der Waals surface area contributed by atoms with Crippen molar-refractivity contribution in [3.05, 3.63) is 0 Å². The van der Waals surface area contributed by atoms with Crippen LogP contribution in [0.2, 0.25) is 0 Å². The molecule has 1 atom stereocenters. The number of β-amino-alcohol motifs (C(OH)–C–C–N with tert-alkyl or cyclic N) is 1. The highest BCUT2D eigenvalue weighted by atomic mass is 16.3. The Morgan fingerprint density at radius 3 is 2.89 bits per heavy atom. The SMILES string of the molecule is CNN1CCCC(O)C1. The Morgan fingerprint density at radius 2 is 2.44 bits per heavy atom. The third kappa shape index (κ3) is 1.93. The fraction of sp³-hybridized carbons (Fsp3) is 1.00. The molecule has 2 N–H and O–H groups in total. The first kappa shape index (κ1) is 6.99. The molecular formula is C6H14N2O. The Bertz CT molecular complexity index is 87.1. The molecule has 1 fully saturated rings. The van der Waals surface area contributed by atoms with Crippen LogP contribution in [0.3, 0.4) is 0 Å². The van der Waals surface area contributed by atoms with Crippen molar-refractivity contribution in [2.45, 2.75) is 18.9 Å². The number of hydrazine groups is 1. The molecule has 1 aliphatic rings. The van der Waals surface area contributed by atoms with Gasteiger partial charge in [0, 0.05) is 13.1 Å². The lowest BCUT2D eigenvalue weighted by atomic mass is 10.1. The lowest BCUT2D eigenvalue weighted by Gasteiger charge is -2.28. The predicted molar refractivity (Wildman–Crippen MR) is 35.9 cm³/mol. The van der Waals surface area contributed by atoms with Gasteiger partial charge in [0.1, 0.15) is 0 Å². The molecule has 0 amide bonds. The van der Waals surface area contributed by atoms with E-state index in [2.05, 4.69) is 5.43 Å². The van der Waals surface area contributed by atoms with Crippen molar-refractivity contribution in [1.29, 1.82) is 0 Å². The number of piperidine rings is 1. The summed E-state index contributed by atoms with van der Waals surface area (Å²) in [5, 5.41) is 11.2. The van der Waals surface area contributed by atoms with Crippen molar-refractivity contribution in [2.24, 2.45) is 0 Å². The van der Waals surface area contributed by atoms with Gasteiger partial charge in [-0.1, -0.05) is 0 Å². The lowest BCUT2D eigenvalue weighted by molar-refractivity contribution is 0.0476. The van der Waals surface area contributed by atoms with Crippen molar-refractivity contribution < 1.29 is 5.11 Å². The van der Waals surface area contributed by atoms with Crippen LogP contribution in [0.15, 0.2) is 0 Å². The van der Waals surface area contributed by atoms with E-state index in [9.17, 15) is 0 Å². The van der Waals surface area contributed by atoms with Crippen molar-refractivity contribution in [3.8, 4) is 0 Å². The van der Waals surface area contributed by atoms with Crippen LogP contribution in [0.4, 0.5) is 0 Å². The largest absolute Gasteiger partial charge is 0.392 e. The second-order valence-corrected chi connectivity index (χ2v) is 2.47. The lowest BCUT2D eigenvalue weighted by Crippen LogP contribution is -2.44. The van der Waals surface area contributed by atoms with E-state index in [0.29, 0.717) is 0 Å². The average molecular weight is 130 g/mol. The minimum Gasteiger partial charge on any atom is -0.392 e. The molecule has 0 aromatic rings. The first-order chi connectivity index (χ1) is 4.33. The number of nitrogens with zero attached hydrogens (tertiary/aromatic N) is 1. The van der Waals surface area contributed by atoms with Gasteiger partial charge in [0.05, 0.1) is 6.10 Å². The molecule has 0 saturated carbocycles. The van der Waals surface area contributed by atoms with Gasteiger partial charge in [0.25, 0.3) is 0 Å². The highest BCUT2D eigenvalue weighted by molar-refractivity contribution is 4.67. The van der Waals surface area contributed by atoms with E-state index in [4.69, 9.17) is 5.11 Å². The number of aliphatic hydroxyl groups is 1. The predicted octanol–water partition coefficient (Wildman–Crippen LogP) is -0.423. The standard InChI is InChI=1S/C6H14N2O/c1-7-8-4-2-3-6(9)5-8/h6-7,9H,2-5H2,1H3. The number of hydrogen-bond acceptors (Lipinski definition) is 3. The summed E-state index contributed by atoms with van der Waals surface area (Å²) in [5.74, 6) is 0. The number of hydrogen-bond donors (Lipinski definition) is 2. The fourth-order valence-corrected chi connectivity index (χ4v) is 1.16. The first-order valence-corrected chi connectivity index (χ1v) is 3.43. The van der Waals surface area contributed by atoms with Gasteiger partial charge in [-0.3, -0.25) is 5.43 Å². The van der Waals surface area contributed by atoms with E-state index < -0.39 is 0 Å². The highest BCUT2D eigenvalue weighted by Gasteiger charge is 2.15. The van der Waals surface area contributed by atoms with Crippen molar-refractivity contribution in [1.82, 2.24) is 10.4 Å². The number of aliphatic hydroxyl groups excluding tert-OH is 1. The van der Waals surface area contributed by atoms with Gasteiger partial charge < -0.3 is 5.11 Å². The molecular weight excluding hydrogens is 116 g/mol. The van der Waals surface area contributed by atoms with Crippen LogP contribution < -0.4 is 5.43 Å². The van der Waals surface area contributed by atoms with Crippen LogP contribution in [0.25, 0.3) is 0 Å². The van der Waals surface area contributed by atoms with E-state index >= 15 is 0 Å². The van der Waals surface area contributed by atoms with E-state index in [1.807, 2.05) is 12.1 Å². The van der Waals surface area contributed by atoms with Crippen molar-refractivity contribution in [2.75, 3.05) is 20.1 Å². The molecule has 0 bridgehead atoms. The van der Waals surface area contributed by atoms with Crippen LogP contribution in [-0.4, -0.2) is 36.4 Å². The van der Waals surface area contributed by atoms with Gasteiger partial charge >= 0.3 is 0 Å².